The molecule has 1 aromatic carbocycles. The van der Waals surface area contributed by atoms with Crippen LogP contribution in [0, 0.1) is 0 Å². The van der Waals surface area contributed by atoms with Crippen LogP contribution >= 0.6 is 0 Å². The Morgan fingerprint density at radius 1 is 1.35 bits per heavy atom. The number of hydrogen-bond donors (Lipinski definition) is 2. The molecule has 1 unspecified atom stereocenters. The molecule has 0 aliphatic rings. The van der Waals surface area contributed by atoms with Gasteiger partial charge in [-0.2, -0.15) is 0 Å². The zero-order chi connectivity index (χ0) is 12.5. The molecule has 0 radical (unpaired) electrons. The summed E-state index contributed by atoms with van der Waals surface area (Å²) >= 11 is 0. The Hall–Kier alpha value is -1.39. The molecule has 0 aliphatic heterocycles. The zero-order valence-corrected chi connectivity index (χ0v) is 10.4. The third-order valence-electron chi connectivity index (χ3n) is 2.42. The number of ether oxygens (including phenoxy) is 1. The van der Waals surface area contributed by atoms with Gasteiger partial charge in [-0.05, 0) is 25.5 Å². The summed E-state index contributed by atoms with van der Waals surface area (Å²) < 4.78 is 4.97. The first kappa shape index (κ1) is 13.7. The van der Waals surface area contributed by atoms with Crippen molar-refractivity contribution in [3.8, 4) is 0 Å². The quantitative estimate of drug-likeness (QED) is 0.756. The topological polar surface area (TPSA) is 50.4 Å². The zero-order valence-electron chi connectivity index (χ0n) is 10.4. The number of amides is 1. The number of benzene rings is 1. The molecule has 0 aliphatic carbocycles. The lowest BCUT2D eigenvalue weighted by Crippen LogP contribution is -2.35. The summed E-state index contributed by atoms with van der Waals surface area (Å²) in [5.41, 5.74) is 0.823. The Balaban J connectivity index is 2.21. The Morgan fingerprint density at radius 3 is 2.71 bits per heavy atom. The summed E-state index contributed by atoms with van der Waals surface area (Å²) in [5, 5.41) is 5.97. The predicted molar refractivity (Wildman–Crippen MR) is 69.0 cm³/mol. The normalized spacial score (nSPS) is 12.1. The third-order valence-corrected chi connectivity index (χ3v) is 2.42. The molecule has 0 aromatic heterocycles. The molecule has 1 amide bonds. The van der Waals surface area contributed by atoms with Crippen molar-refractivity contribution in [2.75, 3.05) is 25.6 Å². The first-order chi connectivity index (χ1) is 8.22. The van der Waals surface area contributed by atoms with Crippen LogP contribution < -0.4 is 10.6 Å². The van der Waals surface area contributed by atoms with E-state index >= 15 is 0 Å². The van der Waals surface area contributed by atoms with Gasteiger partial charge in [0, 0.05) is 25.4 Å². The monoisotopic (exact) mass is 236 g/mol. The fourth-order valence-corrected chi connectivity index (χ4v) is 1.39. The van der Waals surface area contributed by atoms with Crippen LogP contribution in [0.2, 0.25) is 0 Å². The van der Waals surface area contributed by atoms with Crippen LogP contribution in [-0.2, 0) is 9.53 Å². The van der Waals surface area contributed by atoms with E-state index in [0.717, 1.165) is 12.1 Å². The fourth-order valence-electron chi connectivity index (χ4n) is 1.39. The van der Waals surface area contributed by atoms with Gasteiger partial charge in [-0.3, -0.25) is 4.79 Å². The van der Waals surface area contributed by atoms with E-state index < -0.39 is 0 Å². The standard InChI is InChI=1S/C13H20N2O2/c1-11(8-9-17-2)14-10-13(16)15-12-6-4-3-5-7-12/h3-7,11,14H,8-10H2,1-2H3,(H,15,16). The van der Waals surface area contributed by atoms with Crippen LogP contribution in [0.1, 0.15) is 13.3 Å². The largest absolute Gasteiger partial charge is 0.385 e. The number of carbonyl (C=O) groups excluding carboxylic acids is 1. The van der Waals surface area contributed by atoms with Gasteiger partial charge in [0.2, 0.25) is 5.91 Å². The van der Waals surface area contributed by atoms with E-state index in [1.54, 1.807) is 7.11 Å². The van der Waals surface area contributed by atoms with Crippen LogP contribution in [0.3, 0.4) is 0 Å². The minimum Gasteiger partial charge on any atom is -0.385 e. The minimum absolute atomic E-state index is 0.0273. The van der Waals surface area contributed by atoms with Crippen molar-refractivity contribution < 1.29 is 9.53 Å². The highest BCUT2D eigenvalue weighted by molar-refractivity contribution is 5.92. The van der Waals surface area contributed by atoms with Crippen LogP contribution in [0.15, 0.2) is 30.3 Å². The molecule has 0 fully saturated rings. The van der Waals surface area contributed by atoms with E-state index in [4.69, 9.17) is 4.74 Å². The predicted octanol–water partition coefficient (Wildman–Crippen LogP) is 1.64. The first-order valence-corrected chi connectivity index (χ1v) is 5.79. The molecule has 1 aromatic rings. The summed E-state index contributed by atoms with van der Waals surface area (Å²) in [6.07, 6.45) is 0.898. The highest BCUT2D eigenvalue weighted by atomic mass is 16.5. The molecular weight excluding hydrogens is 216 g/mol. The Kier molecular flexibility index (Phi) is 6.29. The van der Waals surface area contributed by atoms with E-state index in [9.17, 15) is 4.79 Å². The summed E-state index contributed by atoms with van der Waals surface area (Å²) in [7, 11) is 1.68. The van der Waals surface area contributed by atoms with Gasteiger partial charge in [0.25, 0.3) is 0 Å². The number of carbonyl (C=O) groups is 1. The van der Waals surface area contributed by atoms with Crippen LogP contribution in [-0.4, -0.2) is 32.2 Å². The Bertz CT molecular complexity index is 327. The molecule has 0 heterocycles. The average Bonchev–Trinajstić information content (AvgIpc) is 2.35. The van der Waals surface area contributed by atoms with Gasteiger partial charge in [0.1, 0.15) is 0 Å². The maximum atomic E-state index is 11.6. The van der Waals surface area contributed by atoms with E-state index in [1.165, 1.54) is 0 Å². The van der Waals surface area contributed by atoms with Crippen molar-refractivity contribution in [3.05, 3.63) is 30.3 Å². The maximum Gasteiger partial charge on any atom is 0.238 e. The second kappa shape index (κ2) is 7.81. The van der Waals surface area contributed by atoms with Crippen LogP contribution in [0.25, 0.3) is 0 Å². The van der Waals surface area contributed by atoms with Gasteiger partial charge in [-0.25, -0.2) is 0 Å². The summed E-state index contributed by atoms with van der Waals surface area (Å²) in [5.74, 6) is -0.0273. The van der Waals surface area contributed by atoms with Crippen molar-refractivity contribution in [1.29, 1.82) is 0 Å². The molecule has 0 spiro atoms. The molecule has 2 N–H and O–H groups in total. The molecule has 1 rings (SSSR count). The number of anilines is 1. The molecule has 94 valence electrons. The van der Waals surface area contributed by atoms with Gasteiger partial charge in [-0.1, -0.05) is 18.2 Å². The number of nitrogens with one attached hydrogen (secondary N) is 2. The molecule has 0 bridgehead atoms. The molecule has 0 saturated carbocycles. The van der Waals surface area contributed by atoms with Crippen molar-refractivity contribution in [2.24, 2.45) is 0 Å². The van der Waals surface area contributed by atoms with Gasteiger partial charge >= 0.3 is 0 Å². The number of para-hydroxylation sites is 1. The molecule has 4 nitrogen and oxygen atoms in total. The molecule has 17 heavy (non-hydrogen) atoms. The summed E-state index contributed by atoms with van der Waals surface area (Å²) in [4.78, 5) is 11.6. The SMILES string of the molecule is COCCC(C)NCC(=O)Nc1ccccc1. The number of methoxy groups -OCH3 is 1. The molecular formula is C13H20N2O2. The lowest BCUT2D eigenvalue weighted by molar-refractivity contribution is -0.115. The number of hydrogen-bond acceptors (Lipinski definition) is 3. The fraction of sp³-hybridized carbons (Fsp3) is 0.462. The second-order valence-electron chi connectivity index (χ2n) is 3.98. The smallest absolute Gasteiger partial charge is 0.238 e. The van der Waals surface area contributed by atoms with Crippen LogP contribution in [0.5, 0.6) is 0 Å². The van der Waals surface area contributed by atoms with Gasteiger partial charge < -0.3 is 15.4 Å². The highest BCUT2D eigenvalue weighted by Gasteiger charge is 2.05. The lowest BCUT2D eigenvalue weighted by atomic mass is 10.2. The first-order valence-electron chi connectivity index (χ1n) is 5.79. The van der Waals surface area contributed by atoms with Crippen molar-refractivity contribution in [3.63, 3.8) is 0 Å². The summed E-state index contributed by atoms with van der Waals surface area (Å²) in [6, 6.07) is 9.71. The maximum absolute atomic E-state index is 11.6. The van der Waals surface area contributed by atoms with Gasteiger partial charge in [0.05, 0.1) is 6.54 Å². The van der Waals surface area contributed by atoms with E-state index in [2.05, 4.69) is 10.6 Å². The Labute approximate surface area is 102 Å². The van der Waals surface area contributed by atoms with E-state index in [0.29, 0.717) is 13.2 Å². The molecule has 1 atom stereocenters. The van der Waals surface area contributed by atoms with Crippen LogP contribution in [0.4, 0.5) is 5.69 Å². The highest BCUT2D eigenvalue weighted by Crippen LogP contribution is 2.04. The molecule has 4 heteroatoms. The van der Waals surface area contributed by atoms with Gasteiger partial charge in [-0.15, -0.1) is 0 Å². The third kappa shape index (κ3) is 6.04. The minimum atomic E-state index is -0.0273. The van der Waals surface area contributed by atoms with Gasteiger partial charge in [0.15, 0.2) is 0 Å². The van der Waals surface area contributed by atoms with E-state index in [1.807, 2.05) is 37.3 Å². The number of rotatable bonds is 7. The van der Waals surface area contributed by atoms with Crippen molar-refractivity contribution in [1.82, 2.24) is 5.32 Å². The second-order valence-corrected chi connectivity index (χ2v) is 3.98. The van der Waals surface area contributed by atoms with Crippen molar-refractivity contribution >= 4 is 11.6 Å². The Morgan fingerprint density at radius 2 is 2.06 bits per heavy atom. The summed E-state index contributed by atoms with van der Waals surface area (Å²) in [6.45, 7) is 3.06. The van der Waals surface area contributed by atoms with E-state index in [-0.39, 0.29) is 11.9 Å². The van der Waals surface area contributed by atoms with Crippen molar-refractivity contribution in [2.45, 2.75) is 19.4 Å². The lowest BCUT2D eigenvalue weighted by Gasteiger charge is -2.13. The molecule has 0 saturated heterocycles. The average molecular weight is 236 g/mol.